The van der Waals surface area contributed by atoms with E-state index in [1.54, 1.807) is 6.07 Å². The predicted octanol–water partition coefficient (Wildman–Crippen LogP) is 1.62. The first-order valence-corrected chi connectivity index (χ1v) is 8.20. The summed E-state index contributed by atoms with van der Waals surface area (Å²) in [6.45, 7) is 0.138. The summed E-state index contributed by atoms with van der Waals surface area (Å²) in [4.78, 5) is 13.1. The Kier molecular flexibility index (Phi) is 3.97. The number of rotatable bonds is 3. The van der Waals surface area contributed by atoms with Crippen LogP contribution in [-0.4, -0.2) is 26.6 Å². The second-order valence-electron chi connectivity index (χ2n) is 4.59. The molecular formula is C12H10ClFN2O3S. The lowest BCUT2D eigenvalue weighted by Crippen LogP contribution is -2.25. The highest BCUT2D eigenvalue weighted by Crippen LogP contribution is 2.28. The Bertz CT molecular complexity index is 699. The van der Waals surface area contributed by atoms with Gasteiger partial charge in [0.25, 0.3) is 0 Å². The molecule has 20 heavy (non-hydrogen) atoms. The summed E-state index contributed by atoms with van der Waals surface area (Å²) < 4.78 is 35.4. The molecule has 0 saturated carbocycles. The summed E-state index contributed by atoms with van der Waals surface area (Å²) in [6.07, 6.45) is 0.0321. The molecule has 1 atom stereocenters. The number of hydrogen-bond acceptors (Lipinski definition) is 4. The van der Waals surface area contributed by atoms with Crippen molar-refractivity contribution in [1.29, 1.82) is 5.26 Å². The van der Waals surface area contributed by atoms with E-state index >= 15 is 0 Å². The van der Waals surface area contributed by atoms with Gasteiger partial charge in [-0.15, -0.1) is 0 Å². The third-order valence-electron chi connectivity index (χ3n) is 2.96. The topological polar surface area (TPSA) is 78.2 Å². The zero-order valence-corrected chi connectivity index (χ0v) is 11.8. The summed E-state index contributed by atoms with van der Waals surface area (Å²) in [5.41, 5.74) is 0.349. The van der Waals surface area contributed by atoms with Gasteiger partial charge in [0.1, 0.15) is 5.82 Å². The van der Waals surface area contributed by atoms with Crippen molar-refractivity contribution < 1.29 is 17.6 Å². The van der Waals surface area contributed by atoms with Gasteiger partial charge in [0.05, 0.1) is 17.4 Å². The molecule has 106 valence electrons. The first kappa shape index (κ1) is 14.8. The van der Waals surface area contributed by atoms with Crippen LogP contribution in [0.2, 0.25) is 0 Å². The van der Waals surface area contributed by atoms with E-state index in [0.717, 1.165) is 12.1 Å². The van der Waals surface area contributed by atoms with Gasteiger partial charge in [-0.2, -0.15) is 5.26 Å². The van der Waals surface area contributed by atoms with Crippen LogP contribution in [0.1, 0.15) is 12.0 Å². The number of carbonyl (C=O) groups excluding carboxylic acids is 1. The first-order valence-electron chi connectivity index (χ1n) is 5.72. The molecule has 2 rings (SSSR count). The fourth-order valence-corrected chi connectivity index (χ4v) is 3.54. The summed E-state index contributed by atoms with van der Waals surface area (Å²) in [6, 6.07) is 5.38. The Hall–Kier alpha value is -1.65. The molecule has 1 unspecified atom stereocenters. The number of anilines is 1. The second-order valence-corrected chi connectivity index (χ2v) is 7.41. The summed E-state index contributed by atoms with van der Waals surface area (Å²) in [5.74, 6) is -1.68. The largest absolute Gasteiger partial charge is 0.312 e. The number of carbonyl (C=O) groups is 1. The number of hydrogen-bond donors (Lipinski definition) is 0. The van der Waals surface area contributed by atoms with Crippen LogP contribution in [0.3, 0.4) is 0 Å². The fourth-order valence-electron chi connectivity index (χ4n) is 2.22. The van der Waals surface area contributed by atoms with Crippen molar-refractivity contribution in [3.05, 3.63) is 29.6 Å². The van der Waals surface area contributed by atoms with Crippen LogP contribution >= 0.6 is 10.7 Å². The Labute approximate surface area is 120 Å². The van der Waals surface area contributed by atoms with Crippen molar-refractivity contribution in [2.24, 2.45) is 5.92 Å². The van der Waals surface area contributed by atoms with Gasteiger partial charge in [-0.3, -0.25) is 4.79 Å². The lowest BCUT2D eigenvalue weighted by atomic mass is 10.1. The average molecular weight is 317 g/mol. The fraction of sp³-hybridized carbons (Fsp3) is 0.333. The molecule has 1 heterocycles. The van der Waals surface area contributed by atoms with Crippen molar-refractivity contribution in [2.45, 2.75) is 6.42 Å². The van der Waals surface area contributed by atoms with Crippen LogP contribution in [-0.2, 0) is 13.8 Å². The first-order chi connectivity index (χ1) is 9.28. The molecule has 0 aromatic heterocycles. The standard InChI is InChI=1S/C12H10ClFN2O3S/c13-20(18,19)7-9-3-12(17)16(6-9)11-2-8(5-15)1-10(14)4-11/h1-2,4,9H,3,6-7H2. The molecule has 1 saturated heterocycles. The quantitative estimate of drug-likeness (QED) is 0.794. The van der Waals surface area contributed by atoms with E-state index in [1.807, 2.05) is 0 Å². The molecule has 1 aliphatic rings. The minimum Gasteiger partial charge on any atom is -0.312 e. The highest BCUT2D eigenvalue weighted by molar-refractivity contribution is 8.13. The molecular weight excluding hydrogens is 307 g/mol. The third-order valence-corrected chi connectivity index (χ3v) is 4.21. The van der Waals surface area contributed by atoms with E-state index in [1.165, 1.54) is 11.0 Å². The molecule has 0 radical (unpaired) electrons. The Morgan fingerprint density at radius 3 is 2.75 bits per heavy atom. The molecule has 0 N–H and O–H groups in total. The maximum atomic E-state index is 13.4. The second kappa shape index (κ2) is 5.38. The maximum Gasteiger partial charge on any atom is 0.232 e. The number of halogens is 2. The number of nitrogens with zero attached hydrogens (tertiary/aromatic N) is 2. The van der Waals surface area contributed by atoms with Crippen molar-refractivity contribution in [2.75, 3.05) is 17.2 Å². The van der Waals surface area contributed by atoms with E-state index in [-0.39, 0.29) is 35.9 Å². The van der Waals surface area contributed by atoms with Crippen LogP contribution in [0, 0.1) is 23.1 Å². The van der Waals surface area contributed by atoms with Gasteiger partial charge in [-0.25, -0.2) is 12.8 Å². The van der Waals surface area contributed by atoms with E-state index in [4.69, 9.17) is 15.9 Å². The van der Waals surface area contributed by atoms with Gasteiger partial charge < -0.3 is 4.90 Å². The monoisotopic (exact) mass is 316 g/mol. The molecule has 1 aromatic rings. The average Bonchev–Trinajstić information content (AvgIpc) is 2.66. The van der Waals surface area contributed by atoms with E-state index in [9.17, 15) is 17.6 Å². The van der Waals surface area contributed by atoms with E-state index in [0.29, 0.717) is 0 Å². The molecule has 8 heteroatoms. The van der Waals surface area contributed by atoms with Gasteiger partial charge in [0.15, 0.2) is 0 Å². The molecule has 0 bridgehead atoms. The molecule has 5 nitrogen and oxygen atoms in total. The number of nitriles is 1. The lowest BCUT2D eigenvalue weighted by Gasteiger charge is -2.17. The third kappa shape index (κ3) is 3.46. The molecule has 1 aromatic carbocycles. The van der Waals surface area contributed by atoms with Crippen LogP contribution in [0.4, 0.5) is 10.1 Å². The summed E-state index contributed by atoms with van der Waals surface area (Å²) in [5, 5.41) is 8.78. The zero-order chi connectivity index (χ0) is 14.9. The highest BCUT2D eigenvalue weighted by atomic mass is 35.7. The van der Waals surface area contributed by atoms with Crippen molar-refractivity contribution in [3.63, 3.8) is 0 Å². The maximum absolute atomic E-state index is 13.4. The molecule has 1 aliphatic heterocycles. The van der Waals surface area contributed by atoms with Crippen LogP contribution in [0.15, 0.2) is 18.2 Å². The van der Waals surface area contributed by atoms with Crippen LogP contribution < -0.4 is 4.90 Å². The zero-order valence-electron chi connectivity index (χ0n) is 10.2. The Balaban J connectivity index is 2.24. The minimum atomic E-state index is -3.69. The van der Waals surface area contributed by atoms with Crippen molar-refractivity contribution in [3.8, 4) is 6.07 Å². The molecule has 1 amide bonds. The minimum absolute atomic E-state index is 0.0321. The van der Waals surface area contributed by atoms with Gasteiger partial charge in [-0.1, -0.05) is 0 Å². The van der Waals surface area contributed by atoms with Crippen LogP contribution in [0.5, 0.6) is 0 Å². The highest BCUT2D eigenvalue weighted by Gasteiger charge is 2.33. The van der Waals surface area contributed by atoms with Gasteiger partial charge in [0, 0.05) is 35.3 Å². The smallest absolute Gasteiger partial charge is 0.232 e. The van der Waals surface area contributed by atoms with Gasteiger partial charge >= 0.3 is 0 Å². The predicted molar refractivity (Wildman–Crippen MR) is 71.2 cm³/mol. The summed E-state index contributed by atoms with van der Waals surface area (Å²) >= 11 is 0. The van der Waals surface area contributed by atoms with Crippen LogP contribution in [0.25, 0.3) is 0 Å². The Morgan fingerprint density at radius 1 is 1.45 bits per heavy atom. The normalized spacial score (nSPS) is 19.1. The summed E-state index contributed by atoms with van der Waals surface area (Å²) in [7, 11) is 1.48. The molecule has 1 fully saturated rings. The molecule has 0 aliphatic carbocycles. The number of amides is 1. The van der Waals surface area contributed by atoms with E-state index < -0.39 is 20.8 Å². The SMILES string of the molecule is N#Cc1cc(F)cc(N2CC(CS(=O)(=O)Cl)CC2=O)c1. The lowest BCUT2D eigenvalue weighted by molar-refractivity contribution is -0.117. The van der Waals surface area contributed by atoms with Gasteiger partial charge in [0.2, 0.25) is 15.0 Å². The Morgan fingerprint density at radius 2 is 2.15 bits per heavy atom. The van der Waals surface area contributed by atoms with Crippen molar-refractivity contribution in [1.82, 2.24) is 0 Å². The number of benzene rings is 1. The van der Waals surface area contributed by atoms with E-state index in [2.05, 4.69) is 0 Å². The van der Waals surface area contributed by atoms with Gasteiger partial charge in [-0.05, 0) is 18.2 Å². The van der Waals surface area contributed by atoms with Crippen molar-refractivity contribution >= 4 is 31.3 Å². The molecule has 0 spiro atoms.